The van der Waals surface area contributed by atoms with Crippen LogP contribution in [0.1, 0.15) is 64.0 Å². The standard InChI is InChI=1S/C30H34/c1-19-13-15-23(16-14-19)29-24-9-5-7-11-26(24)30(27-12-8-6-10-25(27)29)28-21(3)17-20(2)18-22(28)4/h5-13,15,17,19,22-24,29H,14,16,18H2,1-4H3. The lowest BCUT2D eigenvalue weighted by atomic mass is 9.61. The summed E-state index contributed by atoms with van der Waals surface area (Å²) in [4.78, 5) is 0. The smallest absolute Gasteiger partial charge is 0.0102 e. The van der Waals surface area contributed by atoms with Gasteiger partial charge in [-0.15, -0.1) is 0 Å². The lowest BCUT2D eigenvalue weighted by molar-refractivity contribution is 0.372. The van der Waals surface area contributed by atoms with Gasteiger partial charge < -0.3 is 0 Å². The number of hydrogen-bond donors (Lipinski definition) is 0. The molecule has 1 aromatic carbocycles. The first-order chi connectivity index (χ1) is 14.5. The molecule has 5 atom stereocenters. The van der Waals surface area contributed by atoms with Gasteiger partial charge in [-0.1, -0.05) is 86.2 Å². The van der Waals surface area contributed by atoms with E-state index in [2.05, 4.69) is 94.5 Å². The summed E-state index contributed by atoms with van der Waals surface area (Å²) in [5.74, 6) is 2.93. The quantitative estimate of drug-likeness (QED) is 0.444. The van der Waals surface area contributed by atoms with Gasteiger partial charge in [0, 0.05) is 11.8 Å². The Labute approximate surface area is 182 Å². The fraction of sp³-hybridized carbons (Fsp3) is 0.400. The predicted octanol–water partition coefficient (Wildman–Crippen LogP) is 8.18. The molecule has 0 aromatic heterocycles. The van der Waals surface area contributed by atoms with Crippen LogP contribution in [0.15, 0.2) is 89.1 Å². The Morgan fingerprint density at radius 1 is 0.900 bits per heavy atom. The van der Waals surface area contributed by atoms with Crippen molar-refractivity contribution in [1.29, 1.82) is 0 Å². The zero-order valence-electron chi connectivity index (χ0n) is 18.9. The average Bonchev–Trinajstić information content (AvgIpc) is 2.73. The molecule has 4 aliphatic rings. The second kappa shape index (κ2) is 7.73. The Morgan fingerprint density at radius 2 is 1.73 bits per heavy atom. The predicted molar refractivity (Wildman–Crippen MR) is 129 cm³/mol. The molecule has 0 saturated carbocycles. The Bertz CT molecular complexity index is 1040. The highest BCUT2D eigenvalue weighted by atomic mass is 14.4. The van der Waals surface area contributed by atoms with Crippen molar-refractivity contribution in [2.24, 2.45) is 23.7 Å². The lowest BCUT2D eigenvalue weighted by Crippen LogP contribution is -2.29. The summed E-state index contributed by atoms with van der Waals surface area (Å²) >= 11 is 0. The zero-order valence-corrected chi connectivity index (χ0v) is 18.9. The van der Waals surface area contributed by atoms with Gasteiger partial charge in [-0.05, 0) is 84.3 Å². The third kappa shape index (κ3) is 3.22. The van der Waals surface area contributed by atoms with Crippen LogP contribution in [0.3, 0.4) is 0 Å². The molecule has 0 spiro atoms. The molecule has 0 nitrogen and oxygen atoms in total. The summed E-state index contributed by atoms with van der Waals surface area (Å²) in [5, 5.41) is 0. The van der Waals surface area contributed by atoms with Gasteiger partial charge in [-0.25, -0.2) is 0 Å². The molecule has 0 heteroatoms. The summed E-state index contributed by atoms with van der Waals surface area (Å²) < 4.78 is 0. The molecule has 5 rings (SSSR count). The van der Waals surface area contributed by atoms with Gasteiger partial charge >= 0.3 is 0 Å². The van der Waals surface area contributed by atoms with E-state index >= 15 is 0 Å². The van der Waals surface area contributed by atoms with Crippen molar-refractivity contribution in [3.05, 3.63) is 100 Å². The van der Waals surface area contributed by atoms with E-state index in [0.717, 1.165) is 5.92 Å². The molecule has 0 fully saturated rings. The largest absolute Gasteiger partial charge is 0.0854 e. The van der Waals surface area contributed by atoms with E-state index in [9.17, 15) is 0 Å². The Balaban J connectivity index is 1.73. The van der Waals surface area contributed by atoms with Crippen LogP contribution < -0.4 is 0 Å². The van der Waals surface area contributed by atoms with E-state index in [0.29, 0.717) is 23.7 Å². The molecule has 0 aliphatic heterocycles. The van der Waals surface area contributed by atoms with Crippen molar-refractivity contribution in [3.8, 4) is 0 Å². The molecule has 4 aliphatic carbocycles. The van der Waals surface area contributed by atoms with Gasteiger partial charge in [-0.2, -0.15) is 0 Å². The third-order valence-corrected chi connectivity index (χ3v) is 7.71. The van der Waals surface area contributed by atoms with Crippen LogP contribution in [-0.2, 0) is 0 Å². The van der Waals surface area contributed by atoms with Crippen LogP contribution in [0.2, 0.25) is 0 Å². The summed E-state index contributed by atoms with van der Waals surface area (Å²) in [5.41, 5.74) is 10.6. The van der Waals surface area contributed by atoms with Crippen LogP contribution in [-0.4, -0.2) is 0 Å². The van der Waals surface area contributed by atoms with Crippen LogP contribution in [0.5, 0.6) is 0 Å². The van der Waals surface area contributed by atoms with Gasteiger partial charge in [0.15, 0.2) is 0 Å². The fourth-order valence-corrected chi connectivity index (χ4v) is 6.49. The number of allylic oxidation sites excluding steroid dienone is 12. The van der Waals surface area contributed by atoms with Crippen molar-refractivity contribution < 1.29 is 0 Å². The van der Waals surface area contributed by atoms with E-state index < -0.39 is 0 Å². The normalized spacial score (nSPS) is 32.8. The number of benzene rings is 1. The number of rotatable bonds is 2. The Morgan fingerprint density at radius 3 is 2.50 bits per heavy atom. The highest BCUT2D eigenvalue weighted by Gasteiger charge is 2.39. The molecular formula is C30H34. The summed E-state index contributed by atoms with van der Waals surface area (Å²) in [6, 6.07) is 9.30. The fourth-order valence-electron chi connectivity index (χ4n) is 6.49. The summed E-state index contributed by atoms with van der Waals surface area (Å²) in [6.07, 6.45) is 20.6. The lowest BCUT2D eigenvalue weighted by Gasteiger charge is -2.42. The highest BCUT2D eigenvalue weighted by molar-refractivity contribution is 5.89. The second-order valence-corrected chi connectivity index (χ2v) is 10.0. The Hall–Kier alpha value is -2.34. The van der Waals surface area contributed by atoms with E-state index in [-0.39, 0.29) is 0 Å². The average molecular weight is 395 g/mol. The van der Waals surface area contributed by atoms with Crippen molar-refractivity contribution in [2.45, 2.75) is 52.9 Å². The zero-order chi connectivity index (χ0) is 20.8. The molecule has 0 radical (unpaired) electrons. The van der Waals surface area contributed by atoms with E-state index in [1.807, 2.05) is 0 Å². The molecule has 0 N–H and O–H groups in total. The topological polar surface area (TPSA) is 0 Å². The first-order valence-electron chi connectivity index (χ1n) is 11.8. The van der Waals surface area contributed by atoms with Crippen LogP contribution in [0, 0.1) is 23.7 Å². The summed E-state index contributed by atoms with van der Waals surface area (Å²) in [6.45, 7) is 9.37. The minimum atomic E-state index is 0.474. The highest BCUT2D eigenvalue weighted by Crippen LogP contribution is 2.54. The van der Waals surface area contributed by atoms with Gasteiger partial charge in [0.25, 0.3) is 0 Å². The van der Waals surface area contributed by atoms with E-state index in [4.69, 9.17) is 0 Å². The molecule has 1 aromatic rings. The van der Waals surface area contributed by atoms with Crippen LogP contribution >= 0.6 is 0 Å². The van der Waals surface area contributed by atoms with Gasteiger partial charge in [0.05, 0.1) is 0 Å². The van der Waals surface area contributed by atoms with E-state index in [1.54, 1.807) is 16.7 Å². The molecule has 5 unspecified atom stereocenters. The van der Waals surface area contributed by atoms with Gasteiger partial charge in [0.2, 0.25) is 0 Å². The first kappa shape index (κ1) is 19.6. The van der Waals surface area contributed by atoms with Gasteiger partial charge in [-0.3, -0.25) is 0 Å². The number of hydrogen-bond acceptors (Lipinski definition) is 0. The maximum Gasteiger partial charge on any atom is 0.0102 e. The molecule has 154 valence electrons. The van der Waals surface area contributed by atoms with Crippen LogP contribution in [0.25, 0.3) is 5.57 Å². The monoisotopic (exact) mass is 394 g/mol. The van der Waals surface area contributed by atoms with Crippen LogP contribution in [0.4, 0.5) is 0 Å². The SMILES string of the molecule is CC1=CC(C)=C(C2=C3C=CC=CC3C(C3C=CC(C)CC3)c3ccccc32)C(C)C1. The molecule has 0 heterocycles. The minimum absolute atomic E-state index is 0.474. The molecule has 0 saturated heterocycles. The third-order valence-electron chi connectivity index (χ3n) is 7.71. The molecule has 30 heavy (non-hydrogen) atoms. The second-order valence-electron chi connectivity index (χ2n) is 10.0. The molecular weight excluding hydrogens is 360 g/mol. The maximum absolute atomic E-state index is 2.53. The van der Waals surface area contributed by atoms with Crippen molar-refractivity contribution in [1.82, 2.24) is 0 Å². The Kier molecular flexibility index (Phi) is 5.05. The maximum atomic E-state index is 2.53. The van der Waals surface area contributed by atoms with Crippen molar-refractivity contribution >= 4 is 5.57 Å². The molecule has 0 amide bonds. The van der Waals surface area contributed by atoms with Crippen molar-refractivity contribution in [2.75, 3.05) is 0 Å². The van der Waals surface area contributed by atoms with Crippen molar-refractivity contribution in [3.63, 3.8) is 0 Å². The summed E-state index contributed by atoms with van der Waals surface area (Å²) in [7, 11) is 0. The minimum Gasteiger partial charge on any atom is -0.0854 e. The van der Waals surface area contributed by atoms with Gasteiger partial charge in [0.1, 0.15) is 0 Å². The van der Waals surface area contributed by atoms with E-state index in [1.165, 1.54) is 41.5 Å². The first-order valence-corrected chi connectivity index (χ1v) is 11.8. The number of fused-ring (bicyclic) bond motifs is 2. The molecule has 0 bridgehead atoms.